The first kappa shape index (κ1) is 15.9. The lowest BCUT2D eigenvalue weighted by molar-refractivity contribution is 0.0953. The van der Waals surface area contributed by atoms with Crippen LogP contribution in [0.2, 0.25) is 0 Å². The summed E-state index contributed by atoms with van der Waals surface area (Å²) in [5, 5.41) is 16.7. The molecule has 4 rings (SSSR count). The van der Waals surface area contributed by atoms with Crippen molar-refractivity contribution < 1.29 is 4.79 Å². The van der Waals surface area contributed by atoms with Crippen molar-refractivity contribution in [2.45, 2.75) is 13.0 Å². The molecule has 2 aromatic carbocycles. The Labute approximate surface area is 149 Å². The highest BCUT2D eigenvalue weighted by Gasteiger charge is 2.07. The second-order valence-corrected chi connectivity index (χ2v) is 5.85. The quantitative estimate of drug-likeness (QED) is 0.520. The monoisotopic (exact) mass is 347 g/mol. The van der Waals surface area contributed by atoms with Crippen LogP contribution in [0.1, 0.15) is 16.8 Å². The number of aromatic amines is 1. The number of amides is 1. The highest BCUT2D eigenvalue weighted by Crippen LogP contribution is 2.14. The Kier molecular flexibility index (Phi) is 4.38. The molecule has 1 amide bonds. The van der Waals surface area contributed by atoms with E-state index < -0.39 is 0 Å². The molecule has 2 N–H and O–H groups in total. The van der Waals surface area contributed by atoms with Gasteiger partial charge in [-0.25, -0.2) is 4.98 Å². The number of nitrogens with one attached hydrogen (secondary N) is 2. The van der Waals surface area contributed by atoms with Gasteiger partial charge in [0.15, 0.2) is 0 Å². The van der Waals surface area contributed by atoms with Gasteiger partial charge in [0.1, 0.15) is 0 Å². The third kappa shape index (κ3) is 3.30. The number of carbonyl (C=O) groups is 1. The molecule has 0 radical (unpaired) electrons. The minimum atomic E-state index is -0.0971. The fraction of sp³-hybridized carbons (Fsp3) is 0.167. The molecular formula is C18H17N7O. The molecular weight excluding hydrogens is 330 g/mol. The molecule has 8 heteroatoms. The summed E-state index contributed by atoms with van der Waals surface area (Å²) in [5.74, 6) is 0.407. The molecule has 0 saturated carbocycles. The summed E-state index contributed by atoms with van der Waals surface area (Å²) >= 11 is 0. The topological polar surface area (TPSA) is 101 Å². The van der Waals surface area contributed by atoms with Crippen LogP contribution >= 0.6 is 0 Å². The maximum atomic E-state index is 12.2. The van der Waals surface area contributed by atoms with Gasteiger partial charge in [0.05, 0.1) is 17.4 Å². The molecule has 0 aliphatic carbocycles. The molecule has 0 spiro atoms. The van der Waals surface area contributed by atoms with Gasteiger partial charge >= 0.3 is 0 Å². The minimum Gasteiger partial charge on any atom is -0.352 e. The smallest absolute Gasteiger partial charge is 0.251 e. The molecule has 0 saturated heterocycles. The average molecular weight is 347 g/mol. The van der Waals surface area contributed by atoms with Gasteiger partial charge in [-0.3, -0.25) is 4.79 Å². The highest BCUT2D eigenvalue weighted by molar-refractivity contribution is 5.94. The third-order valence-electron chi connectivity index (χ3n) is 4.14. The molecule has 26 heavy (non-hydrogen) atoms. The van der Waals surface area contributed by atoms with Crippen LogP contribution in [0.3, 0.4) is 0 Å². The minimum absolute atomic E-state index is 0.0971. The number of tetrazole rings is 1. The lowest BCUT2D eigenvalue weighted by Gasteiger charge is -2.07. The number of nitrogens with zero attached hydrogens (tertiary/aromatic N) is 5. The van der Waals surface area contributed by atoms with E-state index in [0.717, 1.165) is 29.6 Å². The van der Waals surface area contributed by atoms with Crippen molar-refractivity contribution in [2.75, 3.05) is 6.54 Å². The van der Waals surface area contributed by atoms with Gasteiger partial charge in [-0.05, 0) is 35.9 Å². The van der Waals surface area contributed by atoms with E-state index in [1.807, 2.05) is 30.6 Å². The SMILES string of the molecule is O=C(NCCCn1cnc2ccccc21)c1ccc(-c2nn[nH]n2)cc1. The zero-order valence-corrected chi connectivity index (χ0v) is 14.0. The molecule has 2 heterocycles. The number of hydrogen-bond acceptors (Lipinski definition) is 5. The van der Waals surface area contributed by atoms with Gasteiger partial charge in [0.2, 0.25) is 5.82 Å². The van der Waals surface area contributed by atoms with E-state index in [0.29, 0.717) is 17.9 Å². The Morgan fingerprint density at radius 3 is 2.77 bits per heavy atom. The number of hydrogen-bond donors (Lipinski definition) is 2. The number of carbonyl (C=O) groups excluding carboxylic acids is 1. The Morgan fingerprint density at radius 1 is 1.12 bits per heavy atom. The van der Waals surface area contributed by atoms with Gasteiger partial charge in [0.25, 0.3) is 5.91 Å². The summed E-state index contributed by atoms with van der Waals surface area (Å²) < 4.78 is 2.10. The summed E-state index contributed by atoms with van der Waals surface area (Å²) in [6.45, 7) is 1.40. The number of rotatable bonds is 6. The van der Waals surface area contributed by atoms with Crippen LogP contribution in [0.15, 0.2) is 54.9 Å². The lowest BCUT2D eigenvalue weighted by atomic mass is 10.1. The summed E-state index contributed by atoms with van der Waals surface area (Å²) in [4.78, 5) is 16.6. The van der Waals surface area contributed by atoms with Gasteiger partial charge in [-0.1, -0.05) is 24.3 Å². The fourth-order valence-electron chi connectivity index (χ4n) is 2.80. The molecule has 0 aliphatic rings. The Hall–Kier alpha value is -3.55. The third-order valence-corrected chi connectivity index (χ3v) is 4.14. The van der Waals surface area contributed by atoms with E-state index in [1.165, 1.54) is 0 Å². The van der Waals surface area contributed by atoms with Crippen LogP contribution in [-0.4, -0.2) is 42.6 Å². The van der Waals surface area contributed by atoms with E-state index in [9.17, 15) is 4.79 Å². The van der Waals surface area contributed by atoms with Crippen molar-refractivity contribution in [3.05, 3.63) is 60.4 Å². The van der Waals surface area contributed by atoms with E-state index in [1.54, 1.807) is 24.3 Å². The zero-order chi connectivity index (χ0) is 17.8. The second kappa shape index (κ2) is 7.14. The van der Waals surface area contributed by atoms with Crippen molar-refractivity contribution in [3.63, 3.8) is 0 Å². The van der Waals surface area contributed by atoms with Crippen LogP contribution in [0, 0.1) is 0 Å². The Bertz CT molecular complexity index is 1010. The Balaban J connectivity index is 1.30. The largest absolute Gasteiger partial charge is 0.352 e. The molecule has 2 aromatic heterocycles. The number of aryl methyl sites for hydroxylation is 1. The maximum Gasteiger partial charge on any atom is 0.251 e. The summed E-state index contributed by atoms with van der Waals surface area (Å²) in [6, 6.07) is 15.1. The van der Waals surface area contributed by atoms with E-state index in [-0.39, 0.29) is 5.91 Å². The van der Waals surface area contributed by atoms with Crippen LogP contribution < -0.4 is 5.32 Å². The number of fused-ring (bicyclic) bond motifs is 1. The van der Waals surface area contributed by atoms with Crippen molar-refractivity contribution in [2.24, 2.45) is 0 Å². The number of aromatic nitrogens is 6. The predicted octanol–water partition coefficient (Wildman–Crippen LogP) is 2.04. The zero-order valence-electron chi connectivity index (χ0n) is 14.0. The van der Waals surface area contributed by atoms with Crippen LogP contribution in [0.4, 0.5) is 0 Å². The van der Waals surface area contributed by atoms with Gasteiger partial charge < -0.3 is 9.88 Å². The van der Waals surface area contributed by atoms with E-state index >= 15 is 0 Å². The molecule has 0 aliphatic heterocycles. The summed E-state index contributed by atoms with van der Waals surface area (Å²) in [6.07, 6.45) is 2.66. The van der Waals surface area contributed by atoms with E-state index in [2.05, 4.69) is 35.5 Å². The Morgan fingerprint density at radius 2 is 1.96 bits per heavy atom. The van der Waals surface area contributed by atoms with Crippen LogP contribution in [-0.2, 0) is 6.54 Å². The van der Waals surface area contributed by atoms with Crippen molar-refractivity contribution >= 4 is 16.9 Å². The molecule has 130 valence electrons. The lowest BCUT2D eigenvalue weighted by Crippen LogP contribution is -2.25. The number of H-pyrrole nitrogens is 1. The first-order valence-corrected chi connectivity index (χ1v) is 8.33. The van der Waals surface area contributed by atoms with Crippen molar-refractivity contribution in [3.8, 4) is 11.4 Å². The number of benzene rings is 2. The molecule has 4 aromatic rings. The summed E-state index contributed by atoms with van der Waals surface area (Å²) in [7, 11) is 0. The average Bonchev–Trinajstić information content (AvgIpc) is 3.35. The summed E-state index contributed by atoms with van der Waals surface area (Å²) in [5.41, 5.74) is 3.50. The van der Waals surface area contributed by atoms with E-state index in [4.69, 9.17) is 0 Å². The second-order valence-electron chi connectivity index (χ2n) is 5.85. The normalized spacial score (nSPS) is 10.9. The fourth-order valence-corrected chi connectivity index (χ4v) is 2.80. The molecule has 0 atom stereocenters. The van der Waals surface area contributed by atoms with Crippen molar-refractivity contribution in [1.82, 2.24) is 35.5 Å². The predicted molar refractivity (Wildman–Crippen MR) is 96.3 cm³/mol. The number of imidazole rings is 1. The standard InChI is InChI=1S/C18H17N7O/c26-18(14-8-6-13(7-9-14)17-21-23-24-22-17)19-10-3-11-25-12-20-15-4-1-2-5-16(15)25/h1-2,4-9,12H,3,10-11H2,(H,19,26)(H,21,22,23,24). The van der Waals surface area contributed by atoms with Gasteiger partial charge in [-0.2, -0.15) is 5.21 Å². The molecule has 8 nitrogen and oxygen atoms in total. The number of para-hydroxylation sites is 2. The maximum absolute atomic E-state index is 12.2. The first-order chi connectivity index (χ1) is 12.8. The van der Waals surface area contributed by atoms with Crippen molar-refractivity contribution in [1.29, 1.82) is 0 Å². The van der Waals surface area contributed by atoms with Gasteiger partial charge in [-0.15, -0.1) is 10.2 Å². The first-order valence-electron chi connectivity index (χ1n) is 8.33. The molecule has 0 unspecified atom stereocenters. The van der Waals surface area contributed by atoms with Crippen LogP contribution in [0.25, 0.3) is 22.4 Å². The highest BCUT2D eigenvalue weighted by atomic mass is 16.1. The molecule has 0 bridgehead atoms. The van der Waals surface area contributed by atoms with Gasteiger partial charge in [0, 0.05) is 24.2 Å². The molecule has 0 fully saturated rings. The van der Waals surface area contributed by atoms with Crippen LogP contribution in [0.5, 0.6) is 0 Å².